The lowest BCUT2D eigenvalue weighted by atomic mass is 10.1. The lowest BCUT2D eigenvalue weighted by molar-refractivity contribution is 0.465. The van der Waals surface area contributed by atoms with E-state index in [1.807, 2.05) is 25.1 Å². The van der Waals surface area contributed by atoms with E-state index in [-0.39, 0.29) is 0 Å². The summed E-state index contributed by atoms with van der Waals surface area (Å²) in [6.07, 6.45) is 0. The highest BCUT2D eigenvalue weighted by atomic mass is 79.9. The summed E-state index contributed by atoms with van der Waals surface area (Å²) in [5, 5.41) is 13.4. The average Bonchev–Trinajstić information content (AvgIpc) is 2.33. The molecule has 0 unspecified atom stereocenters. The number of halogens is 1. The number of phenolic OH excluding ortho intramolecular Hbond substituents is 1. The average molecular weight is 320 g/mol. The van der Waals surface area contributed by atoms with E-state index in [1.54, 1.807) is 0 Å². The molecule has 0 atom stereocenters. The summed E-state index contributed by atoms with van der Waals surface area (Å²) in [6.45, 7) is 6.67. The van der Waals surface area contributed by atoms with Crippen LogP contribution in [0.4, 0.5) is 5.69 Å². The van der Waals surface area contributed by atoms with Gasteiger partial charge in [0, 0.05) is 16.6 Å². The Balaban J connectivity index is 2.22. The Bertz CT molecular complexity index is 585. The second-order valence-electron chi connectivity index (χ2n) is 4.87. The molecule has 0 spiro atoms. The van der Waals surface area contributed by atoms with Crippen LogP contribution in [0.1, 0.15) is 22.3 Å². The zero-order valence-corrected chi connectivity index (χ0v) is 13.0. The van der Waals surface area contributed by atoms with Crippen LogP contribution in [0, 0.1) is 20.8 Å². The fourth-order valence-electron chi connectivity index (χ4n) is 2.19. The van der Waals surface area contributed by atoms with Crippen molar-refractivity contribution < 1.29 is 5.11 Å². The van der Waals surface area contributed by atoms with Crippen molar-refractivity contribution in [1.29, 1.82) is 0 Å². The molecule has 0 aliphatic carbocycles. The van der Waals surface area contributed by atoms with Gasteiger partial charge in [0.05, 0.1) is 5.69 Å². The summed E-state index contributed by atoms with van der Waals surface area (Å²) in [6, 6.07) is 10.0. The molecule has 2 N–H and O–H groups in total. The van der Waals surface area contributed by atoms with Gasteiger partial charge in [-0.1, -0.05) is 24.3 Å². The molecule has 2 rings (SSSR count). The van der Waals surface area contributed by atoms with E-state index in [4.69, 9.17) is 0 Å². The maximum Gasteiger partial charge on any atom is 0.123 e. The first-order chi connectivity index (χ1) is 8.99. The monoisotopic (exact) mass is 319 g/mol. The van der Waals surface area contributed by atoms with Crippen molar-refractivity contribution in [2.24, 2.45) is 0 Å². The topological polar surface area (TPSA) is 32.3 Å². The molecule has 0 aliphatic heterocycles. The van der Waals surface area contributed by atoms with Crippen LogP contribution in [0.15, 0.2) is 34.8 Å². The zero-order chi connectivity index (χ0) is 14.0. The molecule has 19 heavy (non-hydrogen) atoms. The predicted octanol–water partition coefficient (Wildman–Crippen LogP) is 4.69. The lowest BCUT2D eigenvalue weighted by Crippen LogP contribution is -2.03. The van der Waals surface area contributed by atoms with Gasteiger partial charge >= 0.3 is 0 Å². The first-order valence-electron chi connectivity index (χ1n) is 6.27. The van der Waals surface area contributed by atoms with E-state index in [2.05, 4.69) is 47.2 Å². The second-order valence-corrected chi connectivity index (χ2v) is 5.73. The molecule has 2 aromatic rings. The number of rotatable bonds is 3. The Morgan fingerprint density at radius 3 is 2.53 bits per heavy atom. The SMILES string of the molecule is Cc1cc(C)c(NCc2cccc(C)c2O)c(Br)c1. The van der Waals surface area contributed by atoms with Gasteiger partial charge in [-0.05, 0) is 59.5 Å². The number of phenols is 1. The molecule has 0 saturated heterocycles. The molecule has 3 heteroatoms. The van der Waals surface area contributed by atoms with Crippen LogP contribution in [-0.2, 0) is 6.54 Å². The number of hydrogen-bond donors (Lipinski definition) is 2. The van der Waals surface area contributed by atoms with Crippen molar-refractivity contribution >= 4 is 21.6 Å². The third kappa shape index (κ3) is 3.10. The molecule has 0 heterocycles. The van der Waals surface area contributed by atoms with E-state index in [9.17, 15) is 5.11 Å². The number of aryl methyl sites for hydroxylation is 3. The van der Waals surface area contributed by atoms with Gasteiger partial charge in [-0.15, -0.1) is 0 Å². The molecule has 0 bridgehead atoms. The molecule has 0 amide bonds. The van der Waals surface area contributed by atoms with Crippen molar-refractivity contribution in [2.45, 2.75) is 27.3 Å². The van der Waals surface area contributed by atoms with E-state index in [0.29, 0.717) is 12.3 Å². The van der Waals surface area contributed by atoms with Gasteiger partial charge in [0.25, 0.3) is 0 Å². The molecular weight excluding hydrogens is 302 g/mol. The molecule has 0 saturated carbocycles. The highest BCUT2D eigenvalue weighted by Crippen LogP contribution is 2.29. The molecule has 2 aromatic carbocycles. The highest BCUT2D eigenvalue weighted by Gasteiger charge is 2.07. The lowest BCUT2D eigenvalue weighted by Gasteiger charge is -2.14. The third-order valence-electron chi connectivity index (χ3n) is 3.21. The van der Waals surface area contributed by atoms with E-state index >= 15 is 0 Å². The number of nitrogens with one attached hydrogen (secondary N) is 1. The van der Waals surface area contributed by atoms with Crippen molar-refractivity contribution in [3.05, 3.63) is 57.1 Å². The van der Waals surface area contributed by atoms with Crippen LogP contribution in [0.3, 0.4) is 0 Å². The van der Waals surface area contributed by atoms with Crippen LogP contribution in [0.2, 0.25) is 0 Å². The van der Waals surface area contributed by atoms with Gasteiger partial charge in [0.2, 0.25) is 0 Å². The molecule has 0 radical (unpaired) electrons. The number of para-hydroxylation sites is 1. The number of hydrogen-bond acceptors (Lipinski definition) is 2. The van der Waals surface area contributed by atoms with Gasteiger partial charge in [0.1, 0.15) is 5.75 Å². The summed E-state index contributed by atoms with van der Waals surface area (Å²) in [5.74, 6) is 0.371. The summed E-state index contributed by atoms with van der Waals surface area (Å²) in [5.41, 5.74) is 5.31. The van der Waals surface area contributed by atoms with Crippen LogP contribution in [-0.4, -0.2) is 5.11 Å². The number of benzene rings is 2. The van der Waals surface area contributed by atoms with Crippen molar-refractivity contribution in [1.82, 2.24) is 0 Å². The first kappa shape index (κ1) is 13.9. The van der Waals surface area contributed by atoms with E-state index in [0.717, 1.165) is 21.3 Å². The highest BCUT2D eigenvalue weighted by molar-refractivity contribution is 9.10. The Hall–Kier alpha value is -1.48. The Morgan fingerprint density at radius 2 is 1.84 bits per heavy atom. The van der Waals surface area contributed by atoms with Crippen molar-refractivity contribution in [3.8, 4) is 5.75 Å². The minimum Gasteiger partial charge on any atom is -0.507 e. The van der Waals surface area contributed by atoms with Crippen LogP contribution in [0.25, 0.3) is 0 Å². The zero-order valence-electron chi connectivity index (χ0n) is 11.4. The van der Waals surface area contributed by atoms with Crippen molar-refractivity contribution in [3.63, 3.8) is 0 Å². The number of anilines is 1. The molecule has 0 fully saturated rings. The molecule has 100 valence electrons. The van der Waals surface area contributed by atoms with Gasteiger partial charge in [-0.2, -0.15) is 0 Å². The van der Waals surface area contributed by atoms with Gasteiger partial charge < -0.3 is 10.4 Å². The minimum atomic E-state index is 0.371. The normalized spacial score (nSPS) is 10.5. The number of aromatic hydroxyl groups is 1. The molecule has 2 nitrogen and oxygen atoms in total. The fourth-order valence-corrected chi connectivity index (χ4v) is 3.00. The van der Waals surface area contributed by atoms with E-state index < -0.39 is 0 Å². The first-order valence-corrected chi connectivity index (χ1v) is 7.06. The summed E-state index contributed by atoms with van der Waals surface area (Å²) in [7, 11) is 0. The Morgan fingerprint density at radius 1 is 1.11 bits per heavy atom. The molecule has 0 aromatic heterocycles. The second kappa shape index (κ2) is 5.66. The fraction of sp³-hybridized carbons (Fsp3) is 0.250. The van der Waals surface area contributed by atoms with Crippen LogP contribution >= 0.6 is 15.9 Å². The minimum absolute atomic E-state index is 0.371. The summed E-state index contributed by atoms with van der Waals surface area (Å²) >= 11 is 3.58. The standard InChI is InChI=1S/C16H18BrNO/c1-10-7-12(3)15(14(17)8-10)18-9-13-6-4-5-11(2)16(13)19/h4-8,18-19H,9H2,1-3H3. The van der Waals surface area contributed by atoms with Gasteiger partial charge in [-0.25, -0.2) is 0 Å². The van der Waals surface area contributed by atoms with Gasteiger partial charge in [-0.3, -0.25) is 0 Å². The smallest absolute Gasteiger partial charge is 0.123 e. The van der Waals surface area contributed by atoms with Crippen molar-refractivity contribution in [2.75, 3.05) is 5.32 Å². The maximum atomic E-state index is 10.0. The summed E-state index contributed by atoms with van der Waals surface area (Å²) in [4.78, 5) is 0. The third-order valence-corrected chi connectivity index (χ3v) is 3.83. The quantitative estimate of drug-likeness (QED) is 0.860. The molecule has 0 aliphatic rings. The maximum absolute atomic E-state index is 10.0. The molecular formula is C16H18BrNO. The Labute approximate surface area is 122 Å². The van der Waals surface area contributed by atoms with Gasteiger partial charge in [0.15, 0.2) is 0 Å². The Kier molecular flexibility index (Phi) is 4.15. The summed E-state index contributed by atoms with van der Waals surface area (Å²) < 4.78 is 1.05. The van der Waals surface area contributed by atoms with Crippen LogP contribution in [0.5, 0.6) is 5.75 Å². The largest absolute Gasteiger partial charge is 0.507 e. The predicted molar refractivity (Wildman–Crippen MR) is 83.8 cm³/mol. The van der Waals surface area contributed by atoms with Crippen LogP contribution < -0.4 is 5.32 Å². The van der Waals surface area contributed by atoms with E-state index in [1.165, 1.54) is 11.1 Å².